The van der Waals surface area contributed by atoms with E-state index < -0.39 is 15.9 Å². The highest BCUT2D eigenvalue weighted by molar-refractivity contribution is 7.89. The Morgan fingerprint density at radius 2 is 1.92 bits per heavy atom. The van der Waals surface area contributed by atoms with E-state index in [-0.39, 0.29) is 11.7 Å². The molecule has 0 radical (unpaired) electrons. The molecule has 2 aliphatic heterocycles. The number of benzene rings is 1. The molecule has 0 bridgehead atoms. The zero-order valence-corrected chi connectivity index (χ0v) is 24.5. The Kier molecular flexibility index (Phi) is 9.31. The van der Waals surface area contributed by atoms with Gasteiger partial charge in [-0.15, -0.1) is 11.3 Å². The molecular weight excluding hydrogens is 520 g/mol. The fraction of sp³-hybridized carbons (Fsp3) is 0.536. The van der Waals surface area contributed by atoms with Crippen LogP contribution in [-0.4, -0.2) is 80.7 Å². The van der Waals surface area contributed by atoms with Crippen molar-refractivity contribution in [2.24, 2.45) is 5.73 Å². The summed E-state index contributed by atoms with van der Waals surface area (Å²) in [5.41, 5.74) is 10.2. The molecule has 4 heterocycles. The quantitative estimate of drug-likeness (QED) is 0.440. The zero-order chi connectivity index (χ0) is 27.4. The van der Waals surface area contributed by atoms with E-state index in [2.05, 4.69) is 34.4 Å². The van der Waals surface area contributed by atoms with Gasteiger partial charge in [0.2, 0.25) is 10.0 Å². The van der Waals surface area contributed by atoms with E-state index in [1.54, 1.807) is 29.7 Å². The molecule has 38 heavy (non-hydrogen) atoms. The van der Waals surface area contributed by atoms with Crippen LogP contribution < -0.4 is 5.73 Å². The van der Waals surface area contributed by atoms with Gasteiger partial charge in [-0.2, -0.15) is 0 Å². The number of nitrogens with one attached hydrogen (secondary N) is 1. The number of hydrogen-bond donors (Lipinski definition) is 2. The number of piperidine rings is 1. The summed E-state index contributed by atoms with van der Waals surface area (Å²) in [4.78, 5) is 18.8. The van der Waals surface area contributed by atoms with Crippen molar-refractivity contribution >= 4 is 38.2 Å². The van der Waals surface area contributed by atoms with Gasteiger partial charge in [-0.25, -0.2) is 12.7 Å². The fourth-order valence-electron chi connectivity index (χ4n) is 5.52. The van der Waals surface area contributed by atoms with Crippen LogP contribution >= 0.6 is 11.3 Å². The maximum atomic E-state index is 12.2. The lowest BCUT2D eigenvalue weighted by Crippen LogP contribution is -2.38. The predicted molar refractivity (Wildman–Crippen MR) is 155 cm³/mol. The number of aromatic amines is 1. The number of methoxy groups -OCH3 is 1. The molecule has 1 atom stereocenters. The van der Waals surface area contributed by atoms with E-state index in [9.17, 15) is 13.2 Å². The number of thiophene rings is 1. The summed E-state index contributed by atoms with van der Waals surface area (Å²) in [5, 5.41) is 3.09. The van der Waals surface area contributed by atoms with Crippen LogP contribution in [0.3, 0.4) is 0 Å². The third-order valence-corrected chi connectivity index (χ3v) is 10.8. The number of rotatable bonds is 7. The minimum atomic E-state index is -3.15. The molecule has 208 valence electrons. The summed E-state index contributed by atoms with van der Waals surface area (Å²) < 4.78 is 30.9. The van der Waals surface area contributed by atoms with Crippen molar-refractivity contribution in [3.63, 3.8) is 0 Å². The normalized spacial score (nSPS) is 19.5. The molecule has 3 N–H and O–H groups in total. The summed E-state index contributed by atoms with van der Waals surface area (Å²) in [5.74, 6) is -0.0773. The number of aromatic nitrogens is 1. The summed E-state index contributed by atoms with van der Waals surface area (Å²) in [6.45, 7) is 6.93. The molecule has 0 spiro atoms. The van der Waals surface area contributed by atoms with Gasteiger partial charge in [0.1, 0.15) is 0 Å². The number of carbonyl (C=O) groups excluding carboxylic acids is 1. The minimum Gasteiger partial charge on any atom is -0.383 e. The van der Waals surface area contributed by atoms with Gasteiger partial charge in [0.15, 0.2) is 0 Å². The van der Waals surface area contributed by atoms with Crippen LogP contribution in [0.15, 0.2) is 29.8 Å². The maximum Gasteiger partial charge on any atom is 0.250 e. The average Bonchev–Trinajstić information content (AvgIpc) is 3.64. The van der Waals surface area contributed by atoms with Crippen LogP contribution in [0.25, 0.3) is 21.3 Å². The van der Waals surface area contributed by atoms with E-state index >= 15 is 0 Å². The Morgan fingerprint density at radius 1 is 1.18 bits per heavy atom. The number of aryl methyl sites for hydroxylation is 1. The second kappa shape index (κ2) is 12.3. The third kappa shape index (κ3) is 6.31. The molecule has 1 unspecified atom stereocenters. The largest absolute Gasteiger partial charge is 0.383 e. The topological polar surface area (TPSA) is 109 Å². The minimum absolute atomic E-state index is 0.135. The second-order valence-electron chi connectivity index (χ2n) is 10.3. The number of likely N-dealkylation sites (tertiary alicyclic amines) is 1. The lowest BCUT2D eigenvalue weighted by atomic mass is 9.89. The van der Waals surface area contributed by atoms with Gasteiger partial charge >= 0.3 is 0 Å². The molecule has 0 saturated carbocycles. The van der Waals surface area contributed by atoms with Crippen molar-refractivity contribution in [2.45, 2.75) is 51.5 Å². The first-order valence-electron chi connectivity index (χ1n) is 13.3. The fourth-order valence-corrected chi connectivity index (χ4v) is 7.54. The summed E-state index contributed by atoms with van der Waals surface area (Å²) in [6.07, 6.45) is 6.13. The number of carbonyl (C=O) groups is 1. The summed E-state index contributed by atoms with van der Waals surface area (Å²) in [6, 6.07) is 6.77. The van der Waals surface area contributed by atoms with Crippen molar-refractivity contribution in [1.29, 1.82) is 0 Å². The van der Waals surface area contributed by atoms with Gasteiger partial charge in [0.05, 0.1) is 23.4 Å². The van der Waals surface area contributed by atoms with E-state index in [1.807, 2.05) is 19.2 Å². The van der Waals surface area contributed by atoms with E-state index in [0.717, 1.165) is 46.4 Å². The van der Waals surface area contributed by atoms with Crippen LogP contribution in [0.5, 0.6) is 0 Å². The molecule has 2 aromatic heterocycles. The lowest BCUT2D eigenvalue weighted by Gasteiger charge is -2.31. The number of nitrogens with zero attached hydrogens (tertiary/aromatic N) is 2. The van der Waals surface area contributed by atoms with E-state index in [0.29, 0.717) is 24.7 Å². The molecule has 3 aromatic rings. The average molecular weight is 561 g/mol. The number of primary amides is 1. The molecule has 2 saturated heterocycles. The Labute approximate surface area is 230 Å². The smallest absolute Gasteiger partial charge is 0.250 e. The molecule has 2 aliphatic rings. The van der Waals surface area contributed by atoms with E-state index in [1.165, 1.54) is 24.9 Å². The summed E-state index contributed by atoms with van der Waals surface area (Å²) >= 11 is 1.65. The Balaban J connectivity index is 0.000000317. The van der Waals surface area contributed by atoms with Crippen LogP contribution in [0.2, 0.25) is 0 Å². The molecular formula is C28H40N4O4S2. The van der Waals surface area contributed by atoms with Crippen molar-refractivity contribution < 1.29 is 17.9 Å². The number of likely N-dealkylation sites (N-methyl/N-ethyl adjacent to an activating group) is 1. The standard InChI is InChI=1S/C21H25N3O3S2.C7H15NO/c1-3-29(26,27)24-6-4-14(5-7-24)18-11-23-20-16(18)9-15(10-17(20)21(22)25)19-8-13(2)12-28-19;1-8-5-3-4-7(8)6-9-2/h8-12,14,23H,3-7H2,1-2H3,(H2,22,25);7H,3-6H2,1-2H3. The molecule has 0 aliphatic carbocycles. The highest BCUT2D eigenvalue weighted by Crippen LogP contribution is 2.38. The number of hydrogen-bond acceptors (Lipinski definition) is 6. The Bertz CT molecular complexity index is 1360. The molecule has 1 aromatic carbocycles. The highest BCUT2D eigenvalue weighted by atomic mass is 32.2. The lowest BCUT2D eigenvalue weighted by molar-refractivity contribution is 0.100. The maximum absolute atomic E-state index is 12.2. The summed E-state index contributed by atoms with van der Waals surface area (Å²) in [7, 11) is 0.785. The molecule has 10 heteroatoms. The molecule has 5 rings (SSSR count). The molecule has 1 amide bonds. The van der Waals surface area contributed by atoms with Crippen LogP contribution in [0.4, 0.5) is 0 Å². The van der Waals surface area contributed by atoms with Crippen LogP contribution in [-0.2, 0) is 14.8 Å². The number of fused-ring (bicyclic) bond motifs is 1. The van der Waals surface area contributed by atoms with E-state index in [4.69, 9.17) is 10.5 Å². The number of sulfonamides is 1. The van der Waals surface area contributed by atoms with Crippen LogP contribution in [0.1, 0.15) is 60.0 Å². The van der Waals surface area contributed by atoms with Crippen molar-refractivity contribution in [2.75, 3.05) is 46.2 Å². The molecule has 2 fully saturated rings. The van der Waals surface area contributed by atoms with Gasteiger partial charge in [0.25, 0.3) is 5.91 Å². The Morgan fingerprint density at radius 3 is 2.47 bits per heavy atom. The number of H-pyrrole nitrogens is 1. The van der Waals surface area contributed by atoms with Crippen LogP contribution in [0, 0.1) is 6.92 Å². The first kappa shape index (κ1) is 28.8. The van der Waals surface area contributed by atoms with Crippen molar-refractivity contribution in [1.82, 2.24) is 14.2 Å². The number of nitrogens with two attached hydrogens (primary N) is 1. The van der Waals surface area contributed by atoms with Gasteiger partial charge in [-0.3, -0.25) is 4.79 Å². The molecule has 8 nitrogen and oxygen atoms in total. The first-order chi connectivity index (χ1) is 18.1. The number of amides is 1. The first-order valence-corrected chi connectivity index (χ1v) is 15.8. The predicted octanol–water partition coefficient (Wildman–Crippen LogP) is 4.56. The van der Waals surface area contributed by atoms with Gasteiger partial charge < -0.3 is 20.4 Å². The van der Waals surface area contributed by atoms with Gasteiger partial charge in [0, 0.05) is 42.7 Å². The van der Waals surface area contributed by atoms with Gasteiger partial charge in [-0.1, -0.05) is 0 Å². The van der Waals surface area contributed by atoms with Crippen molar-refractivity contribution in [3.8, 4) is 10.4 Å². The zero-order valence-electron chi connectivity index (χ0n) is 22.8. The SMILES string of the molecule is CCS(=O)(=O)N1CCC(c2c[nH]c3c(C(N)=O)cc(-c4cc(C)cs4)cc23)CC1.COCC1CCCN1C. The highest BCUT2D eigenvalue weighted by Gasteiger charge is 2.29. The monoisotopic (exact) mass is 560 g/mol. The van der Waals surface area contributed by atoms with Crippen molar-refractivity contribution in [3.05, 3.63) is 46.5 Å². The second-order valence-corrected chi connectivity index (χ2v) is 13.5. The Hall–Kier alpha value is -2.24. The van der Waals surface area contributed by atoms with Gasteiger partial charge in [-0.05, 0) is 99.3 Å². The third-order valence-electron chi connectivity index (χ3n) is 7.78. The number of ether oxygens (including phenoxy) is 1.